The second-order valence-electron chi connectivity index (χ2n) is 6.76. The fourth-order valence-electron chi connectivity index (χ4n) is 2.28. The number of pyridine rings is 1. The van der Waals surface area contributed by atoms with Gasteiger partial charge in [-0.1, -0.05) is 36.4 Å². The summed E-state index contributed by atoms with van der Waals surface area (Å²) in [5, 5.41) is 8.33. The van der Waals surface area contributed by atoms with Crippen LogP contribution in [0.4, 0.5) is 25.2 Å². The number of nitrogens with one attached hydrogen (secondary N) is 4. The summed E-state index contributed by atoms with van der Waals surface area (Å²) in [4.78, 5) is 30.6. The van der Waals surface area contributed by atoms with Crippen LogP contribution < -0.4 is 26.7 Å². The maximum atomic E-state index is 11.8. The van der Waals surface area contributed by atoms with E-state index in [9.17, 15) is 34.8 Å². The van der Waals surface area contributed by atoms with E-state index in [4.69, 9.17) is 5.73 Å². The van der Waals surface area contributed by atoms with E-state index in [0.29, 0.717) is 43.4 Å². The van der Waals surface area contributed by atoms with Crippen LogP contribution in [-0.2, 0) is 17.9 Å². The van der Waals surface area contributed by atoms with Crippen LogP contribution in [0.5, 0.6) is 0 Å². The quantitative estimate of drug-likeness (QED) is 0.160. The molecule has 1 aromatic heterocycles. The molecule has 0 bridgehead atoms. The molecule has 15 heteroatoms. The average molecular weight is 514 g/mol. The molecule has 1 heterocycles. The van der Waals surface area contributed by atoms with Crippen molar-refractivity contribution in [2.45, 2.75) is 19.5 Å². The normalized spacial score (nSPS) is 13.4. The summed E-state index contributed by atoms with van der Waals surface area (Å²) >= 11 is 0. The molecule has 0 saturated heterocycles. The number of carbonyl (C=O) groups is 2. The van der Waals surface area contributed by atoms with Crippen LogP contribution in [0.25, 0.3) is 0 Å². The third kappa shape index (κ3) is 16.3. The molecule has 0 atom stereocenters. The van der Waals surface area contributed by atoms with Gasteiger partial charge in [0, 0.05) is 13.6 Å². The Kier molecular flexibility index (Phi) is 9.38. The second kappa shape index (κ2) is 11.1. The number of hydrogen-bond acceptors (Lipinski definition) is 3. The molecule has 0 spiro atoms. The zero-order valence-electron chi connectivity index (χ0n) is 18.0. The number of carbonyl (C=O) groups excluding carboxylic acids is 2. The van der Waals surface area contributed by atoms with E-state index in [-0.39, 0.29) is 11.8 Å². The molecule has 0 radical (unpaired) electrons. The van der Waals surface area contributed by atoms with E-state index in [1.807, 2.05) is 30.3 Å². The van der Waals surface area contributed by atoms with Crippen molar-refractivity contribution in [3.05, 3.63) is 65.5 Å². The zero-order chi connectivity index (χ0) is 25.9. The molecule has 6 N–H and O–H groups in total. The molecule has 0 saturated carbocycles. The first-order valence-corrected chi connectivity index (χ1v) is 11.7. The second-order valence-corrected chi connectivity index (χ2v) is 8.67. The Labute approximate surface area is 191 Å². The number of rotatable bonds is 8. The Balaban J connectivity index is 0.000000718. The standard InChI is InChI=1S/C19H24N6O2.F6P/c1-21-18(27)16-9-5-8-15(25-16)13-24-19(20)22-11-10-17(26)23-12-14-6-3-2-4-7-14;1-7(2,3,4,5)6/h2-9H,10-13H2,1H3,(H,21,27)(H,23,26)(H3,20,22,24);/q;-1/p+1. The SMILES string of the molecule is CNC(=O)c1cccc(C[NH+]=C(N)NCCC(=O)NCc2ccccc2)n1.F[P-](F)(F)(F)(F)F. The molecule has 0 aliphatic heterocycles. The van der Waals surface area contributed by atoms with Crippen LogP contribution in [0.15, 0.2) is 48.5 Å². The predicted octanol–water partition coefficient (Wildman–Crippen LogP) is 2.02. The van der Waals surface area contributed by atoms with Gasteiger partial charge in [0.2, 0.25) is 5.91 Å². The van der Waals surface area contributed by atoms with E-state index in [0.717, 1.165) is 5.56 Å². The van der Waals surface area contributed by atoms with Crippen molar-refractivity contribution in [2.75, 3.05) is 13.6 Å². The van der Waals surface area contributed by atoms with Crippen molar-refractivity contribution in [3.8, 4) is 0 Å². The van der Waals surface area contributed by atoms with Crippen LogP contribution in [0.1, 0.15) is 28.2 Å². The fourth-order valence-corrected chi connectivity index (χ4v) is 2.28. The topological polar surface area (TPSA) is 123 Å². The van der Waals surface area contributed by atoms with Gasteiger partial charge < -0.3 is 10.6 Å². The first kappa shape index (κ1) is 28.6. The van der Waals surface area contributed by atoms with E-state index in [1.54, 1.807) is 25.2 Å². The Hall–Kier alpha value is -3.41. The molecule has 2 aromatic rings. The Morgan fingerprint density at radius 3 is 2.18 bits per heavy atom. The summed E-state index contributed by atoms with van der Waals surface area (Å²) in [5.74, 6) is 0.0468. The fraction of sp³-hybridized carbons (Fsp3) is 0.263. The van der Waals surface area contributed by atoms with Crippen LogP contribution in [0.3, 0.4) is 0 Å². The number of amides is 2. The van der Waals surface area contributed by atoms with Gasteiger partial charge in [-0.2, -0.15) is 0 Å². The summed E-state index contributed by atoms with van der Waals surface area (Å²) in [6.07, 6.45) is 0.305. The zero-order valence-corrected chi connectivity index (χ0v) is 18.9. The van der Waals surface area contributed by atoms with E-state index < -0.39 is 7.81 Å². The maximum absolute atomic E-state index is 11.8. The van der Waals surface area contributed by atoms with Gasteiger partial charge in [-0.3, -0.25) is 25.6 Å². The number of aromatic nitrogens is 1. The Bertz CT molecular complexity index is 992. The monoisotopic (exact) mass is 514 g/mol. The summed E-state index contributed by atoms with van der Waals surface area (Å²) in [6, 6.07) is 14.9. The molecular formula is C19H25F6N6O2P. The number of nitrogens with two attached hydrogens (primary N) is 1. The van der Waals surface area contributed by atoms with E-state index in [1.165, 1.54) is 0 Å². The van der Waals surface area contributed by atoms with Crippen LogP contribution >= 0.6 is 7.81 Å². The minimum atomic E-state index is -10.7. The van der Waals surface area contributed by atoms with Crippen molar-refractivity contribution in [3.63, 3.8) is 0 Å². The number of guanidine groups is 1. The van der Waals surface area contributed by atoms with Gasteiger partial charge in [0.05, 0.1) is 18.7 Å². The molecule has 0 unspecified atom stereocenters. The van der Waals surface area contributed by atoms with Gasteiger partial charge in [0.1, 0.15) is 12.2 Å². The Morgan fingerprint density at radius 2 is 1.59 bits per heavy atom. The number of nitrogens with zero attached hydrogens (tertiary/aromatic N) is 1. The van der Waals surface area contributed by atoms with Crippen LogP contribution in [-0.4, -0.2) is 36.4 Å². The molecule has 190 valence electrons. The molecule has 0 aliphatic carbocycles. The summed E-state index contributed by atoms with van der Waals surface area (Å²) in [5.41, 5.74) is 7.93. The first-order valence-electron chi connectivity index (χ1n) is 9.68. The van der Waals surface area contributed by atoms with Crippen molar-refractivity contribution in [1.29, 1.82) is 0 Å². The number of halogens is 6. The van der Waals surface area contributed by atoms with Gasteiger partial charge >= 0.3 is 38.9 Å². The van der Waals surface area contributed by atoms with E-state index in [2.05, 4.69) is 25.9 Å². The van der Waals surface area contributed by atoms with Crippen molar-refractivity contribution in [2.24, 2.45) is 5.73 Å². The molecule has 8 nitrogen and oxygen atoms in total. The molecule has 0 aliphatic rings. The molecule has 0 fully saturated rings. The molecule has 1 aromatic carbocycles. The minimum absolute atomic E-state index is 0.0564. The average Bonchev–Trinajstić information content (AvgIpc) is 2.74. The van der Waals surface area contributed by atoms with Gasteiger partial charge in [0.25, 0.3) is 5.91 Å². The third-order valence-corrected chi connectivity index (χ3v) is 3.73. The molecular weight excluding hydrogens is 489 g/mol. The van der Waals surface area contributed by atoms with Gasteiger partial charge in [-0.15, -0.1) is 0 Å². The third-order valence-electron chi connectivity index (χ3n) is 3.73. The van der Waals surface area contributed by atoms with Gasteiger partial charge in [-0.25, -0.2) is 4.98 Å². The van der Waals surface area contributed by atoms with Crippen LogP contribution in [0, 0.1) is 0 Å². The summed E-state index contributed by atoms with van der Waals surface area (Å²) < 4.78 is 59.2. The summed E-state index contributed by atoms with van der Waals surface area (Å²) in [6.45, 7) is 1.28. The summed E-state index contributed by atoms with van der Waals surface area (Å²) in [7, 11) is -9.10. The van der Waals surface area contributed by atoms with Crippen LogP contribution in [0.2, 0.25) is 0 Å². The van der Waals surface area contributed by atoms with Gasteiger partial charge in [0.15, 0.2) is 0 Å². The van der Waals surface area contributed by atoms with Crippen molar-refractivity contribution < 1.29 is 39.8 Å². The molecule has 34 heavy (non-hydrogen) atoms. The van der Waals surface area contributed by atoms with Crippen molar-refractivity contribution in [1.82, 2.24) is 20.9 Å². The molecule has 2 rings (SSSR count). The van der Waals surface area contributed by atoms with Crippen molar-refractivity contribution >= 4 is 25.6 Å². The molecule has 2 amide bonds. The number of benzene rings is 1. The van der Waals surface area contributed by atoms with E-state index >= 15 is 0 Å². The first-order chi connectivity index (χ1) is 15.5. The predicted molar refractivity (Wildman–Crippen MR) is 116 cm³/mol. The Morgan fingerprint density at radius 1 is 0.971 bits per heavy atom. The van der Waals surface area contributed by atoms with Gasteiger partial charge in [-0.05, 0) is 17.7 Å². The number of hydrogen-bond donors (Lipinski definition) is 5.